The number of hydrogen-bond acceptors (Lipinski definition) is 10. The average Bonchev–Trinajstić information content (AvgIpc) is 3.81. The first-order valence-corrected chi connectivity index (χ1v) is 21.9. The Bertz CT molecular complexity index is 2210. The van der Waals surface area contributed by atoms with E-state index in [1.165, 1.54) is 0 Å². The van der Waals surface area contributed by atoms with Gasteiger partial charge in [-0.1, -0.05) is 81.4 Å². The minimum Gasteiger partial charge on any atom is -0.507 e. The van der Waals surface area contributed by atoms with Gasteiger partial charge in [-0.3, -0.25) is 14.5 Å². The summed E-state index contributed by atoms with van der Waals surface area (Å²) in [6, 6.07) is 18.5. The number of halogens is 1. The molecule has 1 aromatic heterocycles. The van der Waals surface area contributed by atoms with E-state index in [2.05, 4.69) is 31.2 Å². The second-order valence-electron chi connectivity index (χ2n) is 17.0. The van der Waals surface area contributed by atoms with Gasteiger partial charge in [0.25, 0.3) is 5.88 Å². The van der Waals surface area contributed by atoms with E-state index >= 15 is 14.0 Å². The molecule has 0 saturated heterocycles. The molecule has 10 nitrogen and oxygen atoms in total. The number of hydrogen-bond donors (Lipinski definition) is 2. The number of nitrogens with zero attached hydrogens (tertiary/aromatic N) is 2. The summed E-state index contributed by atoms with van der Waals surface area (Å²) in [6.07, 6.45) is 0.375. The molecule has 8 rings (SSSR count). The number of ether oxygens (including phenoxy) is 2. The number of aromatic nitrogens is 1. The van der Waals surface area contributed by atoms with E-state index in [0.717, 1.165) is 11.1 Å². The van der Waals surface area contributed by atoms with Crippen molar-refractivity contribution in [3.63, 3.8) is 0 Å². The zero-order chi connectivity index (χ0) is 39.0. The number of carbonyl (C=O) groups is 2. The van der Waals surface area contributed by atoms with Crippen LogP contribution in [0.5, 0.6) is 11.6 Å². The Balaban J connectivity index is 1.31. The van der Waals surface area contributed by atoms with Gasteiger partial charge >= 0.3 is 0 Å². The monoisotopic (exact) mass is 765 g/mol. The third-order valence-electron chi connectivity index (χ3n) is 12.4. The first-order valence-electron chi connectivity index (χ1n) is 18.9. The van der Waals surface area contributed by atoms with E-state index in [-0.39, 0.29) is 54.4 Å². The molecule has 4 aromatic rings. The van der Waals surface area contributed by atoms with E-state index in [1.54, 1.807) is 0 Å². The first-order chi connectivity index (χ1) is 26.2. The van der Waals surface area contributed by atoms with Crippen LogP contribution in [0.25, 0.3) is 5.76 Å². The zero-order valence-corrected chi connectivity index (χ0v) is 33.4. The molecule has 0 amide bonds. The molecule has 0 radical (unpaired) electrons. The zero-order valence-electron chi connectivity index (χ0n) is 32.4. The van der Waals surface area contributed by atoms with Gasteiger partial charge in [0, 0.05) is 41.3 Å². The Morgan fingerprint density at radius 1 is 0.927 bits per heavy atom. The van der Waals surface area contributed by atoms with Crippen molar-refractivity contribution in [1.82, 2.24) is 15.4 Å². The van der Waals surface area contributed by atoms with Crippen LogP contribution in [0.15, 0.2) is 70.8 Å². The molecule has 3 aliphatic carbocycles. The maximum absolute atomic E-state index is 16.6. The molecule has 2 N–H and O–H groups in total. The topological polar surface area (TPSA) is 123 Å². The second kappa shape index (κ2) is 13.5. The van der Waals surface area contributed by atoms with E-state index in [9.17, 15) is 5.11 Å². The summed E-state index contributed by atoms with van der Waals surface area (Å²) in [4.78, 5) is 33.2. The number of aliphatic hydroxyl groups is 1. The van der Waals surface area contributed by atoms with Gasteiger partial charge < -0.3 is 28.8 Å². The van der Waals surface area contributed by atoms with Crippen LogP contribution < -0.4 is 14.8 Å². The highest BCUT2D eigenvalue weighted by Gasteiger charge is 2.69. The average molecular weight is 766 g/mol. The molecule has 1 fully saturated rings. The molecule has 3 aromatic carbocycles. The number of ketones is 2. The predicted molar refractivity (Wildman–Crippen MR) is 207 cm³/mol. The van der Waals surface area contributed by atoms with Crippen molar-refractivity contribution >= 4 is 25.6 Å². The van der Waals surface area contributed by atoms with Crippen LogP contribution in [0.2, 0.25) is 18.1 Å². The van der Waals surface area contributed by atoms with E-state index < -0.39 is 54.2 Å². The van der Waals surface area contributed by atoms with Gasteiger partial charge in [0.1, 0.15) is 36.1 Å². The van der Waals surface area contributed by atoms with Crippen molar-refractivity contribution in [3.05, 3.63) is 117 Å². The van der Waals surface area contributed by atoms with Crippen LogP contribution in [-0.2, 0) is 41.9 Å². The largest absolute Gasteiger partial charge is 0.507 e. The van der Waals surface area contributed by atoms with Gasteiger partial charge in [-0.2, -0.15) is 0 Å². The molecule has 12 heteroatoms. The maximum Gasteiger partial charge on any atom is 0.265 e. The highest BCUT2D eigenvalue weighted by atomic mass is 28.4. The Morgan fingerprint density at radius 2 is 1.55 bits per heavy atom. The summed E-state index contributed by atoms with van der Waals surface area (Å²) >= 11 is 0. The van der Waals surface area contributed by atoms with Crippen molar-refractivity contribution in [3.8, 4) is 11.6 Å². The number of nitrogens with one attached hydrogen (secondary N) is 1. The summed E-state index contributed by atoms with van der Waals surface area (Å²) in [5.74, 6) is -2.73. The number of aliphatic hydroxyl groups excluding tert-OH is 1. The van der Waals surface area contributed by atoms with Crippen LogP contribution >= 0.6 is 0 Å². The van der Waals surface area contributed by atoms with Crippen molar-refractivity contribution in [2.45, 2.75) is 89.7 Å². The van der Waals surface area contributed by atoms with Crippen molar-refractivity contribution < 1.29 is 37.5 Å². The van der Waals surface area contributed by atoms with E-state index in [0.29, 0.717) is 41.3 Å². The molecule has 55 heavy (non-hydrogen) atoms. The summed E-state index contributed by atoms with van der Waals surface area (Å²) in [7, 11) is 0.800. The molecule has 4 aliphatic rings. The molecule has 0 spiro atoms. The van der Waals surface area contributed by atoms with E-state index in [1.807, 2.05) is 92.8 Å². The van der Waals surface area contributed by atoms with Crippen LogP contribution in [-0.4, -0.2) is 54.7 Å². The van der Waals surface area contributed by atoms with Gasteiger partial charge in [0.05, 0.1) is 11.6 Å². The fourth-order valence-corrected chi connectivity index (χ4v) is 10.2. The lowest BCUT2D eigenvalue weighted by Gasteiger charge is -2.55. The van der Waals surface area contributed by atoms with Crippen molar-refractivity contribution in [1.29, 1.82) is 0 Å². The quantitative estimate of drug-likeness (QED) is 0.129. The standard InChI is InChI=1S/C43H48FN3O7Si/c1-42(2,3)55(6,7)54-43-30(35(47(4)5)38-33(40(43)50)41(46-53-38)52-23-25-16-12-9-13-17-25)19-26-18-27-32(36(48)31(26)39(43)49)37(29-21-45-20-28(29)34(27)44)51-22-24-14-10-8-11-15-24/h8-17,26,30,35,45,48H,18-23H2,1-7H3/t26-,30-,35-,43-/m0/s1. The van der Waals surface area contributed by atoms with Crippen LogP contribution in [0.4, 0.5) is 4.39 Å². The number of rotatable bonds is 9. The van der Waals surface area contributed by atoms with Crippen LogP contribution in [0, 0.1) is 17.7 Å². The number of fused-ring (bicyclic) bond motifs is 5. The third-order valence-corrected chi connectivity index (χ3v) is 16.9. The SMILES string of the molecule is CN(C)[C@@H]1c2onc(OCc3ccccc3)c2C(=O)[C@@]2(O[Si](C)(C)C(C)(C)C)C(=O)C3=C(O)c4c(c(F)c5c(c4OCc4ccccc4)CNC5)C[C@H]3C[C@@H]12. The molecule has 0 bridgehead atoms. The first kappa shape index (κ1) is 37.3. The normalized spacial score (nSPS) is 23.3. The van der Waals surface area contributed by atoms with Gasteiger partial charge in [-0.05, 0) is 67.3 Å². The molecule has 1 aliphatic heterocycles. The molecule has 1 saturated carbocycles. The molecule has 288 valence electrons. The molecule has 0 unspecified atom stereocenters. The molecular formula is C43H48FN3O7Si. The van der Waals surface area contributed by atoms with Crippen LogP contribution in [0.3, 0.4) is 0 Å². The Morgan fingerprint density at radius 3 is 2.16 bits per heavy atom. The number of Topliss-reactive ketones (excluding diaryl/α,β-unsaturated/α-hetero) is 2. The highest BCUT2D eigenvalue weighted by molar-refractivity contribution is 6.74. The summed E-state index contributed by atoms with van der Waals surface area (Å²) in [5, 5.41) is 19.6. The lowest BCUT2D eigenvalue weighted by molar-refractivity contribution is -0.140. The van der Waals surface area contributed by atoms with Gasteiger partial charge in [0.15, 0.2) is 19.7 Å². The molecule has 4 atom stereocenters. The lowest BCUT2D eigenvalue weighted by atomic mass is 9.57. The van der Waals surface area contributed by atoms with Gasteiger partial charge in [-0.25, -0.2) is 4.39 Å². The number of benzene rings is 3. The summed E-state index contributed by atoms with van der Waals surface area (Å²) in [5.41, 5.74) is 1.43. The maximum atomic E-state index is 16.6. The van der Waals surface area contributed by atoms with E-state index in [4.69, 9.17) is 18.4 Å². The Kier molecular flexibility index (Phi) is 9.19. The predicted octanol–water partition coefficient (Wildman–Crippen LogP) is 7.87. The molecule has 2 heterocycles. The summed E-state index contributed by atoms with van der Waals surface area (Å²) < 4.78 is 42.5. The number of carbonyl (C=O) groups excluding carboxylic acids is 2. The molecular weight excluding hydrogens is 718 g/mol. The minimum atomic E-state index is -2.93. The van der Waals surface area contributed by atoms with Crippen molar-refractivity contribution in [2.75, 3.05) is 14.1 Å². The highest BCUT2D eigenvalue weighted by Crippen LogP contribution is 2.59. The Labute approximate surface area is 321 Å². The second-order valence-corrected chi connectivity index (χ2v) is 21.7. The summed E-state index contributed by atoms with van der Waals surface area (Å²) in [6.45, 7) is 11.1. The van der Waals surface area contributed by atoms with Gasteiger partial charge in [-0.15, -0.1) is 0 Å². The van der Waals surface area contributed by atoms with Crippen LogP contribution in [0.1, 0.15) is 82.7 Å². The third kappa shape index (κ3) is 5.87. The smallest absolute Gasteiger partial charge is 0.265 e. The van der Waals surface area contributed by atoms with Crippen molar-refractivity contribution in [2.24, 2.45) is 11.8 Å². The van der Waals surface area contributed by atoms with Gasteiger partial charge in [0.2, 0.25) is 11.6 Å². The minimum absolute atomic E-state index is 0.0174. The Hall–Kier alpha value is -4.62. The fraction of sp³-hybridized carbons (Fsp3) is 0.419. The lowest BCUT2D eigenvalue weighted by Crippen LogP contribution is -2.68. The fourth-order valence-electron chi connectivity index (χ4n) is 8.71.